The first-order chi connectivity index (χ1) is 8.99. The van der Waals surface area contributed by atoms with Crippen molar-refractivity contribution in [2.75, 3.05) is 13.1 Å². The minimum Gasteiger partial charge on any atom is -0.326 e. The Morgan fingerprint density at radius 2 is 2.05 bits per heavy atom. The first kappa shape index (κ1) is 14.0. The van der Waals surface area contributed by atoms with E-state index in [1.54, 1.807) is 12.1 Å². The summed E-state index contributed by atoms with van der Waals surface area (Å²) in [6.07, 6.45) is 1.11. The molecule has 1 aliphatic rings. The third kappa shape index (κ3) is 3.11. The van der Waals surface area contributed by atoms with E-state index in [1.807, 2.05) is 12.1 Å². The highest BCUT2D eigenvalue weighted by Gasteiger charge is 2.26. The van der Waals surface area contributed by atoms with Gasteiger partial charge >= 0.3 is 0 Å². The Labute approximate surface area is 113 Å². The van der Waals surface area contributed by atoms with Crippen molar-refractivity contribution in [3.63, 3.8) is 0 Å². The molecule has 1 saturated heterocycles. The standard InChI is InChI=1S/C14H21N3O2/c1-10-7-8-16(9-14(10)15)11(2)12-3-5-13(6-4-12)17(18)19/h3-6,10-11,14H,7-9,15H2,1-2H3. The number of likely N-dealkylation sites (tertiary alicyclic amines) is 1. The summed E-state index contributed by atoms with van der Waals surface area (Å²) in [7, 11) is 0. The van der Waals surface area contributed by atoms with Crippen LogP contribution in [-0.4, -0.2) is 29.0 Å². The highest BCUT2D eigenvalue weighted by Crippen LogP contribution is 2.27. The summed E-state index contributed by atoms with van der Waals surface area (Å²) in [5, 5.41) is 10.6. The molecular formula is C14H21N3O2. The first-order valence-corrected chi connectivity index (χ1v) is 6.73. The van der Waals surface area contributed by atoms with Crippen molar-refractivity contribution in [3.8, 4) is 0 Å². The first-order valence-electron chi connectivity index (χ1n) is 6.73. The lowest BCUT2D eigenvalue weighted by Crippen LogP contribution is -2.48. The lowest BCUT2D eigenvalue weighted by atomic mass is 9.92. The lowest BCUT2D eigenvalue weighted by molar-refractivity contribution is -0.384. The van der Waals surface area contributed by atoms with Gasteiger partial charge in [0.2, 0.25) is 0 Å². The minimum atomic E-state index is -0.368. The largest absolute Gasteiger partial charge is 0.326 e. The molecule has 1 fully saturated rings. The van der Waals surface area contributed by atoms with Gasteiger partial charge in [-0.15, -0.1) is 0 Å². The molecule has 0 saturated carbocycles. The monoisotopic (exact) mass is 263 g/mol. The lowest BCUT2D eigenvalue weighted by Gasteiger charge is -2.38. The number of nitro benzene ring substituents is 1. The predicted octanol–water partition coefficient (Wildman–Crippen LogP) is 2.32. The van der Waals surface area contributed by atoms with Crippen molar-refractivity contribution < 1.29 is 4.92 Å². The molecule has 0 aliphatic carbocycles. The number of nitrogens with two attached hydrogens (primary N) is 1. The summed E-state index contributed by atoms with van der Waals surface area (Å²) in [5.74, 6) is 0.570. The number of benzene rings is 1. The van der Waals surface area contributed by atoms with Crippen LogP contribution in [0.5, 0.6) is 0 Å². The van der Waals surface area contributed by atoms with E-state index in [2.05, 4.69) is 18.7 Å². The smallest absolute Gasteiger partial charge is 0.269 e. The van der Waals surface area contributed by atoms with Crippen LogP contribution in [0, 0.1) is 16.0 Å². The molecule has 0 radical (unpaired) electrons. The third-order valence-corrected chi connectivity index (χ3v) is 4.18. The quantitative estimate of drug-likeness (QED) is 0.671. The second-order valence-electron chi connectivity index (χ2n) is 5.45. The number of rotatable bonds is 3. The SMILES string of the molecule is CC1CCN(C(C)c2ccc([N+](=O)[O-])cc2)CC1N. The molecular weight excluding hydrogens is 242 g/mol. The molecule has 0 aromatic heterocycles. The highest BCUT2D eigenvalue weighted by molar-refractivity contribution is 5.34. The molecule has 5 nitrogen and oxygen atoms in total. The van der Waals surface area contributed by atoms with E-state index in [0.717, 1.165) is 25.1 Å². The van der Waals surface area contributed by atoms with Crippen molar-refractivity contribution >= 4 is 5.69 Å². The summed E-state index contributed by atoms with van der Waals surface area (Å²) >= 11 is 0. The van der Waals surface area contributed by atoms with Crippen LogP contribution in [0.15, 0.2) is 24.3 Å². The van der Waals surface area contributed by atoms with Crippen LogP contribution in [0.3, 0.4) is 0 Å². The Hall–Kier alpha value is -1.46. The topological polar surface area (TPSA) is 72.4 Å². The fourth-order valence-electron chi connectivity index (χ4n) is 2.56. The molecule has 3 atom stereocenters. The van der Waals surface area contributed by atoms with Gasteiger partial charge in [0.15, 0.2) is 0 Å². The van der Waals surface area contributed by atoms with Gasteiger partial charge in [-0.1, -0.05) is 19.1 Å². The molecule has 3 unspecified atom stereocenters. The molecule has 1 aromatic carbocycles. The van der Waals surface area contributed by atoms with Crippen molar-refractivity contribution in [2.45, 2.75) is 32.4 Å². The van der Waals surface area contributed by atoms with E-state index in [0.29, 0.717) is 5.92 Å². The number of nitro groups is 1. The van der Waals surface area contributed by atoms with E-state index in [-0.39, 0.29) is 22.7 Å². The van der Waals surface area contributed by atoms with Gasteiger partial charge in [0.25, 0.3) is 5.69 Å². The second-order valence-corrected chi connectivity index (χ2v) is 5.45. The van der Waals surface area contributed by atoms with Crippen LogP contribution in [0.2, 0.25) is 0 Å². The molecule has 0 bridgehead atoms. The molecule has 1 heterocycles. The number of nitrogens with zero attached hydrogens (tertiary/aromatic N) is 2. The Morgan fingerprint density at radius 3 is 2.58 bits per heavy atom. The minimum absolute atomic E-state index is 0.139. The molecule has 1 aliphatic heterocycles. The molecule has 2 N–H and O–H groups in total. The van der Waals surface area contributed by atoms with Crippen LogP contribution >= 0.6 is 0 Å². The van der Waals surface area contributed by atoms with E-state index >= 15 is 0 Å². The summed E-state index contributed by atoms with van der Waals surface area (Å²) in [6.45, 7) is 6.24. The summed E-state index contributed by atoms with van der Waals surface area (Å²) in [6, 6.07) is 7.28. The maximum atomic E-state index is 10.6. The zero-order chi connectivity index (χ0) is 14.0. The third-order valence-electron chi connectivity index (χ3n) is 4.18. The fourth-order valence-corrected chi connectivity index (χ4v) is 2.56. The van der Waals surface area contributed by atoms with Crippen LogP contribution in [0.1, 0.15) is 31.9 Å². The van der Waals surface area contributed by atoms with Crippen LogP contribution in [-0.2, 0) is 0 Å². The average molecular weight is 263 g/mol. The summed E-state index contributed by atoms with van der Waals surface area (Å²) in [4.78, 5) is 12.6. The van der Waals surface area contributed by atoms with E-state index < -0.39 is 0 Å². The maximum absolute atomic E-state index is 10.6. The van der Waals surface area contributed by atoms with Gasteiger partial charge in [-0.2, -0.15) is 0 Å². The Bertz CT molecular complexity index is 447. The van der Waals surface area contributed by atoms with Gasteiger partial charge in [0, 0.05) is 30.8 Å². The summed E-state index contributed by atoms with van der Waals surface area (Å²) in [5.41, 5.74) is 7.36. The molecule has 0 spiro atoms. The molecule has 0 amide bonds. The van der Waals surface area contributed by atoms with Gasteiger partial charge in [-0.05, 0) is 31.4 Å². The Kier molecular flexibility index (Phi) is 4.17. The fraction of sp³-hybridized carbons (Fsp3) is 0.571. The highest BCUT2D eigenvalue weighted by atomic mass is 16.6. The van der Waals surface area contributed by atoms with Crippen molar-refractivity contribution in [2.24, 2.45) is 11.7 Å². The number of non-ortho nitro benzene ring substituents is 1. The number of hydrogen-bond donors (Lipinski definition) is 1. The van der Waals surface area contributed by atoms with Crippen molar-refractivity contribution in [1.29, 1.82) is 0 Å². The van der Waals surface area contributed by atoms with Crippen LogP contribution in [0.4, 0.5) is 5.69 Å². The number of hydrogen-bond acceptors (Lipinski definition) is 4. The van der Waals surface area contributed by atoms with Gasteiger partial charge in [0.1, 0.15) is 0 Å². The van der Waals surface area contributed by atoms with Gasteiger partial charge < -0.3 is 5.73 Å². The van der Waals surface area contributed by atoms with Crippen molar-refractivity contribution in [3.05, 3.63) is 39.9 Å². The van der Waals surface area contributed by atoms with Crippen molar-refractivity contribution in [1.82, 2.24) is 4.90 Å². The molecule has 104 valence electrons. The Balaban J connectivity index is 2.07. The molecule has 19 heavy (non-hydrogen) atoms. The average Bonchev–Trinajstić information content (AvgIpc) is 2.41. The normalized spacial score (nSPS) is 26.1. The van der Waals surface area contributed by atoms with Gasteiger partial charge in [-0.25, -0.2) is 0 Å². The Morgan fingerprint density at radius 1 is 1.42 bits per heavy atom. The van der Waals surface area contributed by atoms with Gasteiger partial charge in [0.05, 0.1) is 4.92 Å². The molecule has 1 aromatic rings. The second kappa shape index (κ2) is 5.67. The molecule has 5 heteroatoms. The molecule has 2 rings (SSSR count). The van der Waals surface area contributed by atoms with E-state index in [1.165, 1.54) is 0 Å². The zero-order valence-electron chi connectivity index (χ0n) is 11.5. The van der Waals surface area contributed by atoms with Crippen LogP contribution < -0.4 is 5.73 Å². The van der Waals surface area contributed by atoms with E-state index in [9.17, 15) is 10.1 Å². The van der Waals surface area contributed by atoms with Gasteiger partial charge in [-0.3, -0.25) is 15.0 Å². The van der Waals surface area contributed by atoms with Crippen LogP contribution in [0.25, 0.3) is 0 Å². The van der Waals surface area contributed by atoms with E-state index in [4.69, 9.17) is 5.73 Å². The maximum Gasteiger partial charge on any atom is 0.269 e. The summed E-state index contributed by atoms with van der Waals surface area (Å²) < 4.78 is 0. The zero-order valence-corrected chi connectivity index (χ0v) is 11.5. The number of piperidine rings is 1. The predicted molar refractivity (Wildman–Crippen MR) is 74.8 cm³/mol.